The van der Waals surface area contributed by atoms with E-state index in [1.807, 2.05) is 35.0 Å². The lowest BCUT2D eigenvalue weighted by atomic mass is 10.3. The molecule has 94 valence electrons. The molecule has 0 fully saturated rings. The molecule has 3 aromatic rings. The first-order valence-electron chi connectivity index (χ1n) is 5.58. The molecule has 0 bridgehead atoms. The first-order chi connectivity index (χ1) is 9.22. The van der Waals surface area contributed by atoms with Crippen LogP contribution in [0, 0.1) is 10.1 Å². The van der Waals surface area contributed by atoms with Crippen molar-refractivity contribution in [3.8, 4) is 0 Å². The molecule has 0 amide bonds. The van der Waals surface area contributed by atoms with Crippen molar-refractivity contribution in [2.24, 2.45) is 0 Å². The molecule has 6 nitrogen and oxygen atoms in total. The summed E-state index contributed by atoms with van der Waals surface area (Å²) in [5.41, 5.74) is 1.60. The van der Waals surface area contributed by atoms with Gasteiger partial charge in [-0.05, 0) is 30.4 Å². The Hall–Kier alpha value is -2.89. The lowest BCUT2D eigenvalue weighted by Crippen LogP contribution is -1.82. The Bertz CT molecular complexity index is 737. The van der Waals surface area contributed by atoms with Crippen LogP contribution in [0.4, 0.5) is 5.88 Å². The van der Waals surface area contributed by atoms with Gasteiger partial charge in [-0.15, -0.1) is 0 Å². The quantitative estimate of drug-likeness (QED) is 0.532. The Balaban J connectivity index is 1.86. The van der Waals surface area contributed by atoms with Crippen LogP contribution in [-0.4, -0.2) is 14.3 Å². The van der Waals surface area contributed by atoms with E-state index in [0.29, 0.717) is 5.76 Å². The highest BCUT2D eigenvalue weighted by atomic mass is 16.6. The van der Waals surface area contributed by atoms with Gasteiger partial charge in [0.15, 0.2) is 0 Å². The van der Waals surface area contributed by atoms with E-state index in [4.69, 9.17) is 4.42 Å². The van der Waals surface area contributed by atoms with E-state index in [9.17, 15) is 10.1 Å². The molecule has 0 unspecified atom stereocenters. The van der Waals surface area contributed by atoms with E-state index in [1.165, 1.54) is 6.07 Å². The van der Waals surface area contributed by atoms with Gasteiger partial charge in [0.2, 0.25) is 0 Å². The number of imidazole rings is 1. The number of fused-ring (bicyclic) bond motifs is 1. The van der Waals surface area contributed by atoms with E-state index in [1.54, 1.807) is 18.2 Å². The van der Waals surface area contributed by atoms with Crippen LogP contribution < -0.4 is 0 Å². The average molecular weight is 255 g/mol. The summed E-state index contributed by atoms with van der Waals surface area (Å²) in [5, 5.41) is 10.5. The van der Waals surface area contributed by atoms with E-state index in [-0.39, 0.29) is 5.88 Å². The van der Waals surface area contributed by atoms with Crippen molar-refractivity contribution in [1.82, 2.24) is 9.38 Å². The van der Waals surface area contributed by atoms with Gasteiger partial charge < -0.3 is 8.82 Å². The van der Waals surface area contributed by atoms with Gasteiger partial charge >= 0.3 is 5.88 Å². The third kappa shape index (κ3) is 2.23. The van der Waals surface area contributed by atoms with Crippen LogP contribution >= 0.6 is 0 Å². The predicted octanol–water partition coefficient (Wildman–Crippen LogP) is 3.01. The summed E-state index contributed by atoms with van der Waals surface area (Å²) in [4.78, 5) is 14.3. The first kappa shape index (κ1) is 11.2. The predicted molar refractivity (Wildman–Crippen MR) is 69.5 cm³/mol. The van der Waals surface area contributed by atoms with Crippen LogP contribution in [0.3, 0.4) is 0 Å². The monoisotopic (exact) mass is 255 g/mol. The van der Waals surface area contributed by atoms with Crippen molar-refractivity contribution < 1.29 is 9.34 Å². The number of furan rings is 1. The molecule has 3 aromatic heterocycles. The van der Waals surface area contributed by atoms with Gasteiger partial charge in [-0.3, -0.25) is 10.1 Å². The van der Waals surface area contributed by atoms with Gasteiger partial charge in [0.1, 0.15) is 16.3 Å². The molecule has 0 N–H and O–H groups in total. The zero-order chi connectivity index (χ0) is 13.2. The molecule has 0 aliphatic carbocycles. The first-order valence-corrected chi connectivity index (χ1v) is 5.58. The summed E-state index contributed by atoms with van der Waals surface area (Å²) < 4.78 is 6.91. The minimum absolute atomic E-state index is 0.269. The second-order valence-electron chi connectivity index (χ2n) is 3.90. The third-order valence-electron chi connectivity index (χ3n) is 2.59. The van der Waals surface area contributed by atoms with Crippen molar-refractivity contribution in [3.63, 3.8) is 0 Å². The number of aromatic nitrogens is 2. The lowest BCUT2D eigenvalue weighted by molar-refractivity contribution is -0.402. The normalized spacial score (nSPS) is 11.4. The highest BCUT2D eigenvalue weighted by Gasteiger charge is 2.09. The minimum Gasteiger partial charge on any atom is -0.401 e. The maximum atomic E-state index is 10.5. The standard InChI is InChI=1S/C13H9N3O3/c17-16(18)13-7-6-11(19-13)5-4-10-9-15-8-2-1-3-12(15)14-10/h1-9H. The van der Waals surface area contributed by atoms with Gasteiger partial charge in [-0.2, -0.15) is 0 Å². The average Bonchev–Trinajstić information content (AvgIpc) is 3.02. The van der Waals surface area contributed by atoms with Crippen LogP contribution in [0.1, 0.15) is 11.5 Å². The van der Waals surface area contributed by atoms with Crippen molar-refractivity contribution >= 4 is 23.7 Å². The van der Waals surface area contributed by atoms with Gasteiger partial charge in [0, 0.05) is 12.4 Å². The molecule has 0 aliphatic rings. The van der Waals surface area contributed by atoms with Crippen LogP contribution in [0.5, 0.6) is 0 Å². The van der Waals surface area contributed by atoms with Gasteiger partial charge in [-0.25, -0.2) is 4.98 Å². The highest BCUT2D eigenvalue weighted by molar-refractivity contribution is 5.67. The van der Waals surface area contributed by atoms with E-state index >= 15 is 0 Å². The lowest BCUT2D eigenvalue weighted by Gasteiger charge is -1.86. The Labute approximate surface area is 107 Å². The SMILES string of the molecule is O=[N+]([O-])c1ccc(C=Cc2cn3ccccc3n2)o1. The van der Waals surface area contributed by atoms with Gasteiger partial charge in [-0.1, -0.05) is 6.07 Å². The fraction of sp³-hybridized carbons (Fsp3) is 0. The Morgan fingerprint density at radius 2 is 2.16 bits per heavy atom. The van der Waals surface area contributed by atoms with E-state index in [2.05, 4.69) is 4.98 Å². The molecule has 0 aliphatic heterocycles. The fourth-order valence-corrected chi connectivity index (χ4v) is 1.73. The molecule has 6 heteroatoms. The highest BCUT2D eigenvalue weighted by Crippen LogP contribution is 2.17. The summed E-state index contributed by atoms with van der Waals surface area (Å²) in [7, 11) is 0. The molecule has 3 heterocycles. The molecule has 0 saturated carbocycles. The van der Waals surface area contributed by atoms with Crippen molar-refractivity contribution in [2.75, 3.05) is 0 Å². The second-order valence-corrected chi connectivity index (χ2v) is 3.90. The second kappa shape index (κ2) is 4.41. The maximum Gasteiger partial charge on any atom is 0.433 e. The number of rotatable bonds is 3. The van der Waals surface area contributed by atoms with Gasteiger partial charge in [0.05, 0.1) is 11.8 Å². The van der Waals surface area contributed by atoms with Crippen LogP contribution in [0.25, 0.3) is 17.8 Å². The Kier molecular flexibility index (Phi) is 2.60. The van der Waals surface area contributed by atoms with Crippen LogP contribution in [0.15, 0.2) is 47.1 Å². The molecule has 19 heavy (non-hydrogen) atoms. The number of hydrogen-bond acceptors (Lipinski definition) is 4. The van der Waals surface area contributed by atoms with Gasteiger partial charge in [0.25, 0.3) is 0 Å². The molecular weight excluding hydrogens is 246 g/mol. The Morgan fingerprint density at radius 1 is 1.26 bits per heavy atom. The molecule has 0 aromatic carbocycles. The summed E-state index contributed by atoms with van der Waals surface area (Å²) in [6, 6.07) is 8.59. The number of hydrogen-bond donors (Lipinski definition) is 0. The summed E-state index contributed by atoms with van der Waals surface area (Å²) in [6.45, 7) is 0. The van der Waals surface area contributed by atoms with Crippen molar-refractivity contribution in [3.05, 3.63) is 64.3 Å². The number of nitro groups is 1. The molecule has 3 rings (SSSR count). The topological polar surface area (TPSA) is 73.6 Å². The van der Waals surface area contributed by atoms with Crippen molar-refractivity contribution in [1.29, 1.82) is 0 Å². The summed E-state index contributed by atoms with van der Waals surface area (Å²) in [5.74, 6) is 0.151. The summed E-state index contributed by atoms with van der Waals surface area (Å²) in [6.07, 6.45) is 7.16. The molecule has 0 radical (unpaired) electrons. The van der Waals surface area contributed by atoms with Crippen molar-refractivity contribution in [2.45, 2.75) is 0 Å². The zero-order valence-electron chi connectivity index (χ0n) is 9.76. The van der Waals surface area contributed by atoms with Crippen LogP contribution in [0.2, 0.25) is 0 Å². The Morgan fingerprint density at radius 3 is 2.89 bits per heavy atom. The third-order valence-corrected chi connectivity index (χ3v) is 2.59. The molecule has 0 atom stereocenters. The van der Waals surface area contributed by atoms with E-state index < -0.39 is 4.92 Å². The summed E-state index contributed by atoms with van der Waals surface area (Å²) >= 11 is 0. The molecule has 0 saturated heterocycles. The molecular formula is C13H9N3O3. The number of pyridine rings is 1. The zero-order valence-corrected chi connectivity index (χ0v) is 9.76. The number of nitrogens with zero attached hydrogens (tertiary/aromatic N) is 3. The maximum absolute atomic E-state index is 10.5. The largest absolute Gasteiger partial charge is 0.433 e. The minimum atomic E-state index is -0.567. The smallest absolute Gasteiger partial charge is 0.401 e. The molecule has 0 spiro atoms. The fourth-order valence-electron chi connectivity index (χ4n) is 1.73. The van der Waals surface area contributed by atoms with Crippen LogP contribution in [-0.2, 0) is 0 Å². The van der Waals surface area contributed by atoms with E-state index in [0.717, 1.165) is 11.3 Å².